The summed E-state index contributed by atoms with van der Waals surface area (Å²) < 4.78 is 5.64. The van der Waals surface area contributed by atoms with Crippen LogP contribution in [0.1, 0.15) is 29.7 Å². The molecule has 0 aliphatic rings. The molecule has 19 heavy (non-hydrogen) atoms. The average Bonchev–Trinajstić information content (AvgIpc) is 2.42. The molecule has 0 radical (unpaired) electrons. The van der Waals surface area contributed by atoms with Crippen molar-refractivity contribution >= 4 is 11.6 Å². The number of hydrogen-bond acceptors (Lipinski definition) is 2. The molecule has 2 rings (SSSR count). The fourth-order valence-electron chi connectivity index (χ4n) is 2.14. The normalized spacial score (nSPS) is 12.2. The number of aryl methyl sites for hydroxylation is 1. The lowest BCUT2D eigenvalue weighted by Crippen LogP contribution is -2.14. The third kappa shape index (κ3) is 3.09. The molecule has 1 atom stereocenters. The second-order valence-electron chi connectivity index (χ2n) is 4.45. The third-order valence-corrected chi connectivity index (χ3v) is 3.37. The maximum absolute atomic E-state index is 6.38. The maximum atomic E-state index is 6.38. The Balaban J connectivity index is 2.43. The molecule has 3 heteroatoms. The molecule has 0 spiro atoms. The van der Waals surface area contributed by atoms with E-state index in [4.69, 9.17) is 22.1 Å². The number of rotatable bonds is 4. The summed E-state index contributed by atoms with van der Waals surface area (Å²) in [6, 6.07) is 13.4. The van der Waals surface area contributed by atoms with Crippen molar-refractivity contribution < 1.29 is 4.74 Å². The van der Waals surface area contributed by atoms with Crippen LogP contribution >= 0.6 is 11.6 Å². The highest BCUT2D eigenvalue weighted by molar-refractivity contribution is 6.30. The number of ether oxygens (including phenoxy) is 1. The first-order valence-electron chi connectivity index (χ1n) is 6.36. The summed E-state index contributed by atoms with van der Waals surface area (Å²) in [5, 5.41) is 0.699. The van der Waals surface area contributed by atoms with E-state index in [-0.39, 0.29) is 6.04 Å². The summed E-state index contributed by atoms with van der Waals surface area (Å²) in [5.41, 5.74) is 9.52. The van der Waals surface area contributed by atoms with Crippen molar-refractivity contribution in [1.29, 1.82) is 0 Å². The Bertz CT molecular complexity index is 568. The third-order valence-electron chi connectivity index (χ3n) is 3.13. The van der Waals surface area contributed by atoms with Crippen molar-refractivity contribution in [3.63, 3.8) is 0 Å². The number of para-hydroxylation sites is 1. The highest BCUT2D eigenvalue weighted by Gasteiger charge is 2.16. The van der Waals surface area contributed by atoms with Crippen LogP contribution in [-0.2, 0) is 0 Å². The topological polar surface area (TPSA) is 35.2 Å². The predicted molar refractivity (Wildman–Crippen MR) is 79.8 cm³/mol. The first kappa shape index (κ1) is 13.9. The highest BCUT2D eigenvalue weighted by Crippen LogP contribution is 2.31. The van der Waals surface area contributed by atoms with Crippen LogP contribution in [0, 0.1) is 6.92 Å². The Kier molecular flexibility index (Phi) is 4.46. The average molecular weight is 276 g/mol. The van der Waals surface area contributed by atoms with Crippen molar-refractivity contribution in [1.82, 2.24) is 0 Å². The zero-order chi connectivity index (χ0) is 13.8. The van der Waals surface area contributed by atoms with Crippen molar-refractivity contribution in [3.05, 3.63) is 64.2 Å². The fraction of sp³-hybridized carbons (Fsp3) is 0.250. The number of halogens is 1. The smallest absolute Gasteiger partial charge is 0.124 e. The summed E-state index contributed by atoms with van der Waals surface area (Å²) in [7, 11) is 0. The van der Waals surface area contributed by atoms with Gasteiger partial charge in [0, 0.05) is 10.6 Å². The molecule has 2 nitrogen and oxygen atoms in total. The van der Waals surface area contributed by atoms with Crippen LogP contribution in [0.4, 0.5) is 0 Å². The van der Waals surface area contributed by atoms with Crippen molar-refractivity contribution in [2.24, 2.45) is 5.73 Å². The lowest BCUT2D eigenvalue weighted by Gasteiger charge is -2.18. The van der Waals surface area contributed by atoms with Crippen LogP contribution in [0.5, 0.6) is 5.75 Å². The summed E-state index contributed by atoms with van der Waals surface area (Å²) in [6.07, 6.45) is 0. The Morgan fingerprint density at radius 1 is 1.16 bits per heavy atom. The van der Waals surface area contributed by atoms with Crippen LogP contribution in [-0.4, -0.2) is 6.61 Å². The molecule has 2 aromatic rings. The molecule has 0 saturated carbocycles. The molecule has 2 N–H and O–H groups in total. The van der Waals surface area contributed by atoms with E-state index in [0.717, 1.165) is 22.4 Å². The molecule has 0 heterocycles. The van der Waals surface area contributed by atoms with E-state index in [1.807, 2.05) is 56.3 Å². The molecule has 0 saturated heterocycles. The van der Waals surface area contributed by atoms with Crippen molar-refractivity contribution in [2.75, 3.05) is 6.61 Å². The number of benzene rings is 2. The SMILES string of the molecule is CCOc1ccccc1C(N)c1cc(Cl)ccc1C. The Labute approximate surface area is 119 Å². The molecule has 2 aromatic carbocycles. The van der Waals surface area contributed by atoms with Gasteiger partial charge in [-0.15, -0.1) is 0 Å². The van der Waals surface area contributed by atoms with E-state index >= 15 is 0 Å². The molecule has 0 bridgehead atoms. The number of hydrogen-bond donors (Lipinski definition) is 1. The van der Waals surface area contributed by atoms with Gasteiger partial charge in [-0.05, 0) is 43.2 Å². The summed E-state index contributed by atoms with van der Waals surface area (Å²) >= 11 is 6.06. The predicted octanol–water partition coefficient (Wildman–Crippen LogP) is 4.10. The zero-order valence-electron chi connectivity index (χ0n) is 11.2. The fourth-order valence-corrected chi connectivity index (χ4v) is 2.32. The molecule has 1 unspecified atom stereocenters. The molecule has 0 amide bonds. The van der Waals surface area contributed by atoms with Crippen molar-refractivity contribution in [3.8, 4) is 5.75 Å². The van der Waals surface area contributed by atoms with E-state index < -0.39 is 0 Å². The van der Waals surface area contributed by atoms with E-state index in [9.17, 15) is 0 Å². The Hall–Kier alpha value is -1.51. The summed E-state index contributed by atoms with van der Waals surface area (Å²) in [6.45, 7) is 4.63. The second kappa shape index (κ2) is 6.09. The van der Waals surface area contributed by atoms with Gasteiger partial charge in [0.05, 0.1) is 12.6 Å². The minimum absolute atomic E-state index is 0.235. The van der Waals surface area contributed by atoms with Gasteiger partial charge in [0.2, 0.25) is 0 Å². The molecule has 100 valence electrons. The number of nitrogens with two attached hydrogens (primary N) is 1. The Morgan fingerprint density at radius 2 is 1.89 bits per heavy atom. The first-order valence-corrected chi connectivity index (χ1v) is 6.74. The monoisotopic (exact) mass is 275 g/mol. The van der Waals surface area contributed by atoms with Crippen LogP contribution in [0.3, 0.4) is 0 Å². The van der Waals surface area contributed by atoms with Gasteiger partial charge in [0.1, 0.15) is 5.75 Å². The van der Waals surface area contributed by atoms with Gasteiger partial charge in [0.15, 0.2) is 0 Å². The van der Waals surface area contributed by atoms with Crippen LogP contribution < -0.4 is 10.5 Å². The van der Waals surface area contributed by atoms with Gasteiger partial charge in [-0.25, -0.2) is 0 Å². The minimum Gasteiger partial charge on any atom is -0.494 e. The van der Waals surface area contributed by atoms with Crippen LogP contribution in [0.15, 0.2) is 42.5 Å². The van der Waals surface area contributed by atoms with Gasteiger partial charge < -0.3 is 10.5 Å². The summed E-state index contributed by atoms with van der Waals surface area (Å²) in [5.74, 6) is 0.830. The molecule has 0 aromatic heterocycles. The molecule has 0 fully saturated rings. The highest BCUT2D eigenvalue weighted by atomic mass is 35.5. The first-order chi connectivity index (χ1) is 9.13. The standard InChI is InChI=1S/C16H18ClNO/c1-3-19-15-7-5-4-6-13(15)16(18)14-10-12(17)9-8-11(14)2/h4-10,16H,3,18H2,1-2H3. The zero-order valence-corrected chi connectivity index (χ0v) is 11.9. The quantitative estimate of drug-likeness (QED) is 0.912. The van der Waals surface area contributed by atoms with Gasteiger partial charge in [-0.2, -0.15) is 0 Å². The molecular weight excluding hydrogens is 258 g/mol. The minimum atomic E-state index is -0.235. The molecule has 0 aliphatic heterocycles. The van der Waals surface area contributed by atoms with Crippen LogP contribution in [0.2, 0.25) is 5.02 Å². The second-order valence-corrected chi connectivity index (χ2v) is 4.89. The van der Waals surface area contributed by atoms with Crippen LogP contribution in [0.25, 0.3) is 0 Å². The van der Waals surface area contributed by atoms with Gasteiger partial charge in [0.25, 0.3) is 0 Å². The summed E-state index contributed by atoms with van der Waals surface area (Å²) in [4.78, 5) is 0. The van der Waals surface area contributed by atoms with E-state index in [1.54, 1.807) is 0 Å². The van der Waals surface area contributed by atoms with E-state index in [0.29, 0.717) is 11.6 Å². The van der Waals surface area contributed by atoms with Gasteiger partial charge in [-0.3, -0.25) is 0 Å². The van der Waals surface area contributed by atoms with E-state index in [1.165, 1.54) is 0 Å². The lowest BCUT2D eigenvalue weighted by atomic mass is 9.95. The van der Waals surface area contributed by atoms with Gasteiger partial charge >= 0.3 is 0 Å². The van der Waals surface area contributed by atoms with Crippen molar-refractivity contribution in [2.45, 2.75) is 19.9 Å². The lowest BCUT2D eigenvalue weighted by molar-refractivity contribution is 0.335. The van der Waals surface area contributed by atoms with Gasteiger partial charge in [-0.1, -0.05) is 35.9 Å². The maximum Gasteiger partial charge on any atom is 0.124 e. The largest absolute Gasteiger partial charge is 0.494 e. The Morgan fingerprint density at radius 3 is 2.63 bits per heavy atom. The van der Waals surface area contributed by atoms with E-state index in [2.05, 4.69) is 0 Å². The molecular formula is C16H18ClNO. The molecule has 0 aliphatic carbocycles.